The van der Waals surface area contributed by atoms with Gasteiger partial charge in [-0.05, 0) is 28.6 Å². The predicted molar refractivity (Wildman–Crippen MR) is 139 cm³/mol. The number of hydrogen-bond donors (Lipinski definition) is 0. The van der Waals surface area contributed by atoms with Crippen LogP contribution in [0.15, 0.2) is 97.1 Å². The van der Waals surface area contributed by atoms with E-state index in [9.17, 15) is 9.59 Å². The molecular weight excluding hydrogens is 434 g/mol. The van der Waals surface area contributed by atoms with Crippen LogP contribution in [0.2, 0.25) is 0 Å². The molecule has 0 radical (unpaired) electrons. The lowest BCUT2D eigenvalue weighted by molar-refractivity contribution is -0.131. The van der Waals surface area contributed by atoms with E-state index in [1.54, 1.807) is 4.90 Å². The Hall–Kier alpha value is -3.96. The van der Waals surface area contributed by atoms with Crippen molar-refractivity contribution in [2.24, 2.45) is 0 Å². The van der Waals surface area contributed by atoms with E-state index in [2.05, 4.69) is 53.4 Å². The first-order valence-corrected chi connectivity index (χ1v) is 12.2. The number of benzene rings is 4. The highest BCUT2D eigenvalue weighted by atomic mass is 16.2. The van der Waals surface area contributed by atoms with E-state index in [0.29, 0.717) is 18.7 Å². The molecule has 0 saturated carbocycles. The molecule has 174 valence electrons. The van der Waals surface area contributed by atoms with E-state index in [1.807, 2.05) is 53.4 Å². The Morgan fingerprint density at radius 3 is 1.94 bits per heavy atom. The van der Waals surface area contributed by atoms with Crippen LogP contribution >= 0.6 is 0 Å². The molecule has 0 aromatic heterocycles. The second-order valence-electron chi connectivity index (χ2n) is 9.21. The van der Waals surface area contributed by atoms with Crippen molar-refractivity contribution in [3.8, 4) is 0 Å². The number of amides is 2. The molecule has 1 saturated heterocycles. The summed E-state index contributed by atoms with van der Waals surface area (Å²) in [5.74, 6) is -0.0872. The average Bonchev–Trinajstić information content (AvgIpc) is 3.18. The van der Waals surface area contributed by atoms with Crippen molar-refractivity contribution >= 4 is 28.3 Å². The van der Waals surface area contributed by atoms with Crippen LogP contribution in [0.4, 0.5) is 5.69 Å². The smallest absolute Gasteiger partial charge is 0.259 e. The molecule has 5 heteroatoms. The summed E-state index contributed by atoms with van der Waals surface area (Å²) in [6, 6.07) is 32.9. The van der Waals surface area contributed by atoms with E-state index >= 15 is 0 Å². The second kappa shape index (κ2) is 9.01. The zero-order valence-corrected chi connectivity index (χ0v) is 19.5. The van der Waals surface area contributed by atoms with Gasteiger partial charge in [0.1, 0.15) is 6.54 Å². The van der Waals surface area contributed by atoms with Crippen LogP contribution in [0.3, 0.4) is 0 Å². The highest BCUT2D eigenvalue weighted by molar-refractivity contribution is 6.26. The molecule has 1 fully saturated rings. The molecule has 0 spiro atoms. The highest BCUT2D eigenvalue weighted by Crippen LogP contribution is 2.37. The van der Waals surface area contributed by atoms with Crippen LogP contribution in [-0.4, -0.2) is 54.3 Å². The quantitative estimate of drug-likeness (QED) is 0.432. The molecule has 2 aliphatic heterocycles. The van der Waals surface area contributed by atoms with Crippen molar-refractivity contribution in [1.82, 2.24) is 9.80 Å². The molecule has 0 unspecified atom stereocenters. The molecule has 4 aromatic carbocycles. The summed E-state index contributed by atoms with van der Waals surface area (Å²) in [5, 5.41) is 1.98. The van der Waals surface area contributed by atoms with Crippen LogP contribution in [0.1, 0.15) is 27.5 Å². The monoisotopic (exact) mass is 461 g/mol. The van der Waals surface area contributed by atoms with Crippen LogP contribution in [0.5, 0.6) is 0 Å². The van der Waals surface area contributed by atoms with Crippen molar-refractivity contribution < 1.29 is 9.59 Å². The van der Waals surface area contributed by atoms with Crippen LogP contribution in [0.25, 0.3) is 10.8 Å². The lowest BCUT2D eigenvalue weighted by atomic mass is 9.96. The van der Waals surface area contributed by atoms with Gasteiger partial charge in [-0.1, -0.05) is 84.9 Å². The molecule has 35 heavy (non-hydrogen) atoms. The van der Waals surface area contributed by atoms with Gasteiger partial charge in [0.25, 0.3) is 5.91 Å². The van der Waals surface area contributed by atoms with Gasteiger partial charge in [-0.2, -0.15) is 0 Å². The zero-order valence-electron chi connectivity index (χ0n) is 19.5. The number of rotatable bonds is 5. The molecule has 6 rings (SSSR count). The first-order chi connectivity index (χ1) is 17.2. The van der Waals surface area contributed by atoms with Crippen molar-refractivity contribution in [3.63, 3.8) is 0 Å². The number of nitrogens with zero attached hydrogens (tertiary/aromatic N) is 3. The Balaban J connectivity index is 1.17. The lowest BCUT2D eigenvalue weighted by Gasteiger charge is -2.40. The largest absolute Gasteiger partial charge is 0.339 e. The van der Waals surface area contributed by atoms with Gasteiger partial charge in [0.2, 0.25) is 5.91 Å². The van der Waals surface area contributed by atoms with Gasteiger partial charge in [-0.3, -0.25) is 19.4 Å². The van der Waals surface area contributed by atoms with Gasteiger partial charge in [0.05, 0.1) is 11.7 Å². The van der Waals surface area contributed by atoms with E-state index < -0.39 is 0 Å². The summed E-state index contributed by atoms with van der Waals surface area (Å²) in [6.07, 6.45) is 0. The van der Waals surface area contributed by atoms with E-state index in [0.717, 1.165) is 29.5 Å². The van der Waals surface area contributed by atoms with Gasteiger partial charge in [0, 0.05) is 37.1 Å². The minimum absolute atomic E-state index is 0.00113. The number of hydrogen-bond acceptors (Lipinski definition) is 3. The summed E-state index contributed by atoms with van der Waals surface area (Å²) >= 11 is 0. The van der Waals surface area contributed by atoms with E-state index in [4.69, 9.17) is 0 Å². The predicted octanol–water partition coefficient (Wildman–Crippen LogP) is 4.73. The van der Waals surface area contributed by atoms with Crippen molar-refractivity contribution in [3.05, 3.63) is 114 Å². The molecule has 0 atom stereocenters. The van der Waals surface area contributed by atoms with Gasteiger partial charge in [-0.15, -0.1) is 0 Å². The first kappa shape index (κ1) is 21.6. The summed E-state index contributed by atoms with van der Waals surface area (Å²) in [6.45, 7) is 2.93. The fraction of sp³-hybridized carbons (Fsp3) is 0.200. The van der Waals surface area contributed by atoms with Gasteiger partial charge >= 0.3 is 0 Å². The number of carbonyl (C=O) groups is 2. The standard InChI is InChI=1S/C30H27N3O2/c34-27(21-33-26-16-8-14-22-13-7-15-25(28(22)26)30(33)35)31-17-19-32(20-18-31)29(23-9-3-1-4-10-23)24-11-5-2-6-12-24/h1-16,29H,17-21H2. The number of piperazine rings is 1. The zero-order chi connectivity index (χ0) is 23.8. The Kier molecular flexibility index (Phi) is 5.55. The minimum Gasteiger partial charge on any atom is -0.339 e. The topological polar surface area (TPSA) is 43.9 Å². The SMILES string of the molecule is O=C(CN1C(=O)c2cccc3cccc1c23)N1CCN(C(c2ccccc2)c2ccccc2)CC1. The Labute approximate surface area is 205 Å². The Bertz CT molecular complexity index is 1330. The third-order valence-corrected chi connectivity index (χ3v) is 7.21. The molecule has 5 nitrogen and oxygen atoms in total. The third kappa shape index (κ3) is 3.88. The minimum atomic E-state index is -0.0861. The van der Waals surface area contributed by atoms with E-state index in [-0.39, 0.29) is 24.4 Å². The summed E-state index contributed by atoms with van der Waals surface area (Å²) < 4.78 is 0. The fourth-order valence-corrected chi connectivity index (χ4v) is 5.49. The summed E-state index contributed by atoms with van der Waals surface area (Å²) in [5.41, 5.74) is 4.03. The molecule has 0 aliphatic carbocycles. The van der Waals surface area contributed by atoms with Crippen molar-refractivity contribution in [1.29, 1.82) is 0 Å². The third-order valence-electron chi connectivity index (χ3n) is 7.21. The van der Waals surface area contributed by atoms with E-state index in [1.165, 1.54) is 11.1 Å². The van der Waals surface area contributed by atoms with Crippen molar-refractivity contribution in [2.45, 2.75) is 6.04 Å². The molecule has 2 amide bonds. The second-order valence-corrected chi connectivity index (χ2v) is 9.21. The average molecular weight is 462 g/mol. The maximum absolute atomic E-state index is 13.3. The summed E-state index contributed by atoms with van der Waals surface area (Å²) in [7, 11) is 0. The maximum atomic E-state index is 13.3. The lowest BCUT2D eigenvalue weighted by Crippen LogP contribution is -2.52. The molecule has 0 N–H and O–H groups in total. The van der Waals surface area contributed by atoms with Gasteiger partial charge in [-0.25, -0.2) is 0 Å². The molecule has 2 heterocycles. The van der Waals surface area contributed by atoms with Crippen LogP contribution in [-0.2, 0) is 4.79 Å². The number of anilines is 1. The Morgan fingerprint density at radius 1 is 0.714 bits per heavy atom. The summed E-state index contributed by atoms with van der Waals surface area (Å²) in [4.78, 5) is 32.4. The van der Waals surface area contributed by atoms with Crippen LogP contribution < -0.4 is 4.90 Å². The Morgan fingerprint density at radius 2 is 1.31 bits per heavy atom. The maximum Gasteiger partial charge on any atom is 0.259 e. The van der Waals surface area contributed by atoms with Crippen LogP contribution in [0, 0.1) is 0 Å². The fourth-order valence-electron chi connectivity index (χ4n) is 5.49. The number of carbonyl (C=O) groups excluding carboxylic acids is 2. The molecular formula is C30H27N3O2. The van der Waals surface area contributed by atoms with Gasteiger partial charge in [0.15, 0.2) is 0 Å². The van der Waals surface area contributed by atoms with Crippen molar-refractivity contribution in [2.75, 3.05) is 37.6 Å². The normalized spacial score (nSPS) is 15.9. The highest BCUT2D eigenvalue weighted by Gasteiger charge is 2.33. The molecule has 0 bridgehead atoms. The molecule has 2 aliphatic rings. The molecule has 4 aromatic rings. The van der Waals surface area contributed by atoms with Gasteiger partial charge < -0.3 is 4.90 Å². The first-order valence-electron chi connectivity index (χ1n) is 12.2.